The van der Waals surface area contributed by atoms with Gasteiger partial charge in [-0.25, -0.2) is 0 Å². The summed E-state index contributed by atoms with van der Waals surface area (Å²) >= 11 is 1.45. The molecule has 0 saturated heterocycles. The first kappa shape index (κ1) is 8.98. The molecule has 0 aliphatic carbocycles. The van der Waals surface area contributed by atoms with Crippen molar-refractivity contribution >= 4 is 17.6 Å². The van der Waals surface area contributed by atoms with Crippen LogP contribution in [0.15, 0.2) is 10.8 Å². The lowest BCUT2D eigenvalue weighted by Crippen LogP contribution is -1.80. The van der Waals surface area contributed by atoms with Crippen molar-refractivity contribution in [2.75, 3.05) is 6.61 Å². The van der Waals surface area contributed by atoms with Gasteiger partial charge in [0, 0.05) is 28.3 Å². The Morgan fingerprint density at radius 1 is 1.58 bits per heavy atom. The maximum atomic E-state index is 10.4. The molecule has 1 rings (SSSR count). The lowest BCUT2D eigenvalue weighted by atomic mass is 10.2. The van der Waals surface area contributed by atoms with Gasteiger partial charge in [-0.2, -0.15) is 11.3 Å². The van der Waals surface area contributed by atoms with Crippen LogP contribution in [0.25, 0.3) is 0 Å². The van der Waals surface area contributed by atoms with E-state index in [1.165, 1.54) is 11.3 Å². The Morgan fingerprint density at radius 3 is 3.08 bits per heavy atom. The molecule has 62 valence electrons. The van der Waals surface area contributed by atoms with Crippen molar-refractivity contribution in [2.45, 2.75) is 6.42 Å². The molecule has 0 spiro atoms. The highest BCUT2D eigenvalue weighted by molar-refractivity contribution is 7.08. The summed E-state index contributed by atoms with van der Waals surface area (Å²) in [6.07, 6.45) is 1.24. The largest absolute Gasteiger partial charge is 0.395 e. The molecule has 0 bridgehead atoms. The number of thiophene rings is 1. The molecule has 0 saturated carbocycles. The molecule has 0 aliphatic rings. The number of carbonyl (C=O) groups is 1. The number of aldehydes is 1. The summed E-state index contributed by atoms with van der Waals surface area (Å²) in [7, 11) is 0. The third kappa shape index (κ3) is 2.19. The predicted octanol–water partition coefficient (Wildman–Crippen LogP) is 1.29. The second kappa shape index (κ2) is 4.70. The van der Waals surface area contributed by atoms with Crippen LogP contribution in [0.3, 0.4) is 0 Å². The molecule has 0 atom stereocenters. The van der Waals surface area contributed by atoms with Gasteiger partial charge in [-0.3, -0.25) is 4.79 Å². The molecule has 0 fully saturated rings. The summed E-state index contributed by atoms with van der Waals surface area (Å²) in [5.74, 6) is 5.57. The predicted molar refractivity (Wildman–Crippen MR) is 48.3 cm³/mol. The SMILES string of the molecule is O=Cc1cscc1C#CCCO. The minimum Gasteiger partial charge on any atom is -0.395 e. The van der Waals surface area contributed by atoms with Crippen LogP contribution in [0.1, 0.15) is 22.3 Å². The van der Waals surface area contributed by atoms with Crippen molar-refractivity contribution < 1.29 is 9.90 Å². The van der Waals surface area contributed by atoms with Crippen LogP contribution in [0, 0.1) is 11.8 Å². The first-order chi connectivity index (χ1) is 5.88. The van der Waals surface area contributed by atoms with Crippen molar-refractivity contribution in [3.8, 4) is 11.8 Å². The molecule has 0 amide bonds. The summed E-state index contributed by atoms with van der Waals surface area (Å²) in [5, 5.41) is 12.0. The Labute approximate surface area is 74.9 Å². The minimum absolute atomic E-state index is 0.0631. The number of rotatable bonds is 2. The first-order valence-corrected chi connectivity index (χ1v) is 4.44. The van der Waals surface area contributed by atoms with E-state index in [0.717, 1.165) is 11.8 Å². The maximum Gasteiger partial charge on any atom is 0.152 e. The average Bonchev–Trinajstić information content (AvgIpc) is 2.52. The highest BCUT2D eigenvalue weighted by Crippen LogP contribution is 2.10. The van der Waals surface area contributed by atoms with Crippen molar-refractivity contribution in [2.24, 2.45) is 0 Å². The lowest BCUT2D eigenvalue weighted by molar-refractivity contribution is 0.112. The van der Waals surface area contributed by atoms with Crippen LogP contribution in [0.4, 0.5) is 0 Å². The molecule has 3 heteroatoms. The highest BCUT2D eigenvalue weighted by atomic mass is 32.1. The molecule has 1 aromatic heterocycles. The molecule has 1 aromatic rings. The van der Waals surface area contributed by atoms with Gasteiger partial charge in [0.1, 0.15) is 0 Å². The first-order valence-electron chi connectivity index (χ1n) is 3.49. The summed E-state index contributed by atoms with van der Waals surface area (Å²) in [4.78, 5) is 10.4. The third-order valence-corrected chi connectivity index (χ3v) is 2.04. The summed E-state index contributed by atoms with van der Waals surface area (Å²) < 4.78 is 0. The van der Waals surface area contributed by atoms with E-state index >= 15 is 0 Å². The van der Waals surface area contributed by atoms with Gasteiger partial charge in [0.25, 0.3) is 0 Å². The highest BCUT2D eigenvalue weighted by Gasteiger charge is 1.97. The molecule has 1 heterocycles. The van der Waals surface area contributed by atoms with Crippen LogP contribution in [-0.2, 0) is 0 Å². The van der Waals surface area contributed by atoms with Gasteiger partial charge >= 0.3 is 0 Å². The van der Waals surface area contributed by atoms with Gasteiger partial charge in [0.05, 0.1) is 6.61 Å². The van der Waals surface area contributed by atoms with Gasteiger partial charge < -0.3 is 5.11 Å². The molecular formula is C9H8O2S. The second-order valence-corrected chi connectivity index (χ2v) is 2.88. The average molecular weight is 180 g/mol. The number of aliphatic hydroxyl groups is 1. The summed E-state index contributed by atoms with van der Waals surface area (Å²) in [6.45, 7) is 0.0631. The fourth-order valence-electron chi connectivity index (χ4n) is 0.713. The third-order valence-electron chi connectivity index (χ3n) is 1.28. The molecule has 0 unspecified atom stereocenters. The Balaban J connectivity index is 2.76. The molecule has 0 radical (unpaired) electrons. The topological polar surface area (TPSA) is 37.3 Å². The van der Waals surface area contributed by atoms with E-state index in [1.54, 1.807) is 5.38 Å². The van der Waals surface area contributed by atoms with Crippen molar-refractivity contribution in [1.29, 1.82) is 0 Å². The summed E-state index contributed by atoms with van der Waals surface area (Å²) in [5.41, 5.74) is 1.38. The van der Waals surface area contributed by atoms with Gasteiger partial charge in [-0.15, -0.1) is 0 Å². The van der Waals surface area contributed by atoms with E-state index in [2.05, 4.69) is 11.8 Å². The van der Waals surface area contributed by atoms with E-state index in [1.807, 2.05) is 5.38 Å². The zero-order valence-electron chi connectivity index (χ0n) is 6.41. The minimum atomic E-state index is 0.0631. The van der Waals surface area contributed by atoms with E-state index < -0.39 is 0 Å². The molecular weight excluding hydrogens is 172 g/mol. The molecule has 0 aromatic carbocycles. The normalized spacial score (nSPS) is 8.75. The Kier molecular flexibility index (Phi) is 3.52. The fraction of sp³-hybridized carbons (Fsp3) is 0.222. The van der Waals surface area contributed by atoms with Crippen LogP contribution in [0.2, 0.25) is 0 Å². The fourth-order valence-corrected chi connectivity index (χ4v) is 1.44. The molecule has 2 nitrogen and oxygen atoms in total. The van der Waals surface area contributed by atoms with Crippen LogP contribution < -0.4 is 0 Å². The molecule has 0 aliphatic heterocycles. The van der Waals surface area contributed by atoms with Crippen LogP contribution >= 0.6 is 11.3 Å². The monoisotopic (exact) mass is 180 g/mol. The van der Waals surface area contributed by atoms with Crippen molar-refractivity contribution in [1.82, 2.24) is 0 Å². The quantitative estimate of drug-likeness (QED) is 0.550. The van der Waals surface area contributed by atoms with Crippen molar-refractivity contribution in [3.05, 3.63) is 21.9 Å². The Hall–Kier alpha value is -1.11. The number of hydrogen-bond donors (Lipinski definition) is 1. The van der Waals surface area contributed by atoms with Gasteiger partial charge in [-0.1, -0.05) is 11.8 Å². The number of aliphatic hydroxyl groups excluding tert-OH is 1. The van der Waals surface area contributed by atoms with E-state index in [9.17, 15) is 4.79 Å². The molecule has 1 N–H and O–H groups in total. The molecule has 12 heavy (non-hydrogen) atoms. The summed E-state index contributed by atoms with van der Waals surface area (Å²) in [6, 6.07) is 0. The van der Waals surface area contributed by atoms with Crippen molar-refractivity contribution in [3.63, 3.8) is 0 Å². The zero-order chi connectivity index (χ0) is 8.81. The van der Waals surface area contributed by atoms with Gasteiger partial charge in [0.2, 0.25) is 0 Å². The van der Waals surface area contributed by atoms with E-state index in [4.69, 9.17) is 5.11 Å². The maximum absolute atomic E-state index is 10.4. The number of carbonyl (C=O) groups excluding carboxylic acids is 1. The standard InChI is InChI=1S/C9H8O2S/c10-4-2-1-3-8-6-12-7-9(8)5-11/h5-7,10H,2,4H2. The zero-order valence-corrected chi connectivity index (χ0v) is 7.23. The smallest absolute Gasteiger partial charge is 0.152 e. The number of hydrogen-bond acceptors (Lipinski definition) is 3. The van der Waals surface area contributed by atoms with E-state index in [-0.39, 0.29) is 6.61 Å². The Bertz CT molecular complexity index is 317. The lowest BCUT2D eigenvalue weighted by Gasteiger charge is -1.82. The van der Waals surface area contributed by atoms with Crippen LogP contribution in [-0.4, -0.2) is 18.0 Å². The van der Waals surface area contributed by atoms with Gasteiger partial charge in [-0.05, 0) is 0 Å². The van der Waals surface area contributed by atoms with Gasteiger partial charge in [0.15, 0.2) is 6.29 Å². The second-order valence-electron chi connectivity index (χ2n) is 2.13. The Morgan fingerprint density at radius 2 is 2.42 bits per heavy atom. The van der Waals surface area contributed by atoms with E-state index in [0.29, 0.717) is 12.0 Å². The van der Waals surface area contributed by atoms with Crippen LogP contribution in [0.5, 0.6) is 0 Å².